The highest BCUT2D eigenvalue weighted by molar-refractivity contribution is 7.89. The zero-order chi connectivity index (χ0) is 15.9. The van der Waals surface area contributed by atoms with Gasteiger partial charge in [-0.25, -0.2) is 8.42 Å². The third-order valence-electron chi connectivity index (χ3n) is 3.83. The first-order valence-electron chi connectivity index (χ1n) is 6.79. The van der Waals surface area contributed by atoms with Crippen molar-refractivity contribution in [1.82, 2.24) is 4.31 Å². The molecule has 1 saturated heterocycles. The summed E-state index contributed by atoms with van der Waals surface area (Å²) < 4.78 is 26.1. The van der Waals surface area contributed by atoms with Gasteiger partial charge in [0.2, 0.25) is 10.0 Å². The van der Waals surface area contributed by atoms with E-state index in [4.69, 9.17) is 0 Å². The molecular formula is C15H14NO5S-. The summed E-state index contributed by atoms with van der Waals surface area (Å²) in [4.78, 5) is 11.1. The first kappa shape index (κ1) is 15.0. The lowest BCUT2D eigenvalue weighted by atomic mass is 10.1. The number of β-amino-alcohol motifs (C(OH)–C–C–N with tert-alkyl or cyclic N) is 1. The lowest BCUT2D eigenvalue weighted by Gasteiger charge is -2.24. The van der Waals surface area contributed by atoms with Crippen molar-refractivity contribution in [2.45, 2.75) is 23.5 Å². The number of aliphatic carboxylic acids is 1. The zero-order valence-corrected chi connectivity index (χ0v) is 12.4. The first-order valence-corrected chi connectivity index (χ1v) is 8.23. The second-order valence-corrected chi connectivity index (χ2v) is 7.20. The second-order valence-electron chi connectivity index (χ2n) is 5.31. The van der Waals surface area contributed by atoms with Crippen LogP contribution in [-0.4, -0.2) is 42.5 Å². The van der Waals surface area contributed by atoms with Crippen LogP contribution in [0.4, 0.5) is 0 Å². The number of rotatable bonds is 3. The highest BCUT2D eigenvalue weighted by Gasteiger charge is 2.40. The second kappa shape index (κ2) is 5.35. The van der Waals surface area contributed by atoms with E-state index in [0.29, 0.717) is 0 Å². The lowest BCUT2D eigenvalue weighted by Crippen LogP contribution is -2.46. The molecule has 0 aromatic heterocycles. The smallest absolute Gasteiger partial charge is 0.243 e. The van der Waals surface area contributed by atoms with Gasteiger partial charge in [0.15, 0.2) is 0 Å². The number of sulfonamides is 1. The molecule has 1 heterocycles. The Morgan fingerprint density at radius 1 is 1.18 bits per heavy atom. The van der Waals surface area contributed by atoms with Gasteiger partial charge in [0.05, 0.1) is 23.0 Å². The molecule has 1 aliphatic rings. The molecule has 2 aromatic carbocycles. The van der Waals surface area contributed by atoms with Crippen LogP contribution < -0.4 is 5.11 Å². The van der Waals surface area contributed by atoms with Crippen LogP contribution in [0.25, 0.3) is 10.8 Å². The minimum absolute atomic E-state index is 0.00606. The number of benzene rings is 2. The number of carbonyl (C=O) groups excluding carboxylic acids is 1. The Kier molecular flexibility index (Phi) is 3.64. The normalized spacial score (nSPS) is 23.0. The molecule has 2 aromatic rings. The van der Waals surface area contributed by atoms with Gasteiger partial charge in [-0.2, -0.15) is 4.31 Å². The quantitative estimate of drug-likeness (QED) is 0.838. The molecule has 2 atom stereocenters. The van der Waals surface area contributed by atoms with Gasteiger partial charge in [-0.1, -0.05) is 30.3 Å². The number of aliphatic hydroxyl groups is 1. The number of hydrogen-bond donors (Lipinski definition) is 1. The van der Waals surface area contributed by atoms with Crippen LogP contribution >= 0.6 is 0 Å². The maximum atomic E-state index is 12.7. The van der Waals surface area contributed by atoms with Crippen LogP contribution in [0.3, 0.4) is 0 Å². The molecule has 0 unspecified atom stereocenters. The molecule has 1 fully saturated rings. The minimum atomic E-state index is -4.00. The van der Waals surface area contributed by atoms with Crippen molar-refractivity contribution >= 4 is 26.8 Å². The lowest BCUT2D eigenvalue weighted by molar-refractivity contribution is -0.309. The van der Waals surface area contributed by atoms with Crippen LogP contribution in [0.5, 0.6) is 0 Å². The molecule has 0 spiro atoms. The number of aliphatic hydroxyl groups excluding tert-OH is 1. The monoisotopic (exact) mass is 320 g/mol. The fourth-order valence-electron chi connectivity index (χ4n) is 2.73. The minimum Gasteiger partial charge on any atom is -0.548 e. The molecule has 0 aliphatic carbocycles. The molecular weight excluding hydrogens is 306 g/mol. The van der Waals surface area contributed by atoms with Gasteiger partial charge >= 0.3 is 0 Å². The Balaban J connectivity index is 2.05. The fraction of sp³-hybridized carbons (Fsp3) is 0.267. The van der Waals surface area contributed by atoms with Gasteiger partial charge in [0, 0.05) is 6.54 Å². The van der Waals surface area contributed by atoms with Crippen LogP contribution in [0.1, 0.15) is 6.42 Å². The summed E-state index contributed by atoms with van der Waals surface area (Å²) >= 11 is 0. The maximum absolute atomic E-state index is 12.7. The van der Waals surface area contributed by atoms with Crippen molar-refractivity contribution in [1.29, 1.82) is 0 Å². The molecule has 1 aliphatic heterocycles. The molecule has 6 nitrogen and oxygen atoms in total. The van der Waals surface area contributed by atoms with E-state index >= 15 is 0 Å². The number of carbonyl (C=O) groups is 1. The number of carboxylic acid groups (broad SMARTS) is 1. The summed E-state index contributed by atoms with van der Waals surface area (Å²) in [5.74, 6) is -1.50. The summed E-state index contributed by atoms with van der Waals surface area (Å²) in [5.41, 5.74) is 0. The van der Waals surface area contributed by atoms with E-state index in [2.05, 4.69) is 0 Å². The Labute approximate surface area is 127 Å². The van der Waals surface area contributed by atoms with Crippen LogP contribution in [0, 0.1) is 0 Å². The molecule has 0 amide bonds. The molecule has 22 heavy (non-hydrogen) atoms. The molecule has 3 rings (SSSR count). The highest BCUT2D eigenvalue weighted by Crippen LogP contribution is 2.28. The van der Waals surface area contributed by atoms with Gasteiger partial charge in [-0.15, -0.1) is 0 Å². The topological polar surface area (TPSA) is 97.7 Å². The van der Waals surface area contributed by atoms with E-state index in [1.807, 2.05) is 12.1 Å². The average Bonchev–Trinajstić information content (AvgIpc) is 2.90. The predicted octanol–water partition coefficient (Wildman–Crippen LogP) is -0.286. The van der Waals surface area contributed by atoms with E-state index in [0.717, 1.165) is 15.1 Å². The standard InChI is InChI=1S/C15H15NO5S/c17-12-8-14(15(18)19)16(9-12)22(20,21)13-6-5-10-3-1-2-4-11(10)7-13/h1-7,12,14,17H,8-9H2,(H,18,19)/p-1/t12-,14+/m1/s1. The van der Waals surface area contributed by atoms with Gasteiger partial charge < -0.3 is 15.0 Å². The van der Waals surface area contributed by atoms with Crippen LogP contribution in [0.2, 0.25) is 0 Å². The molecule has 0 saturated carbocycles. The summed E-state index contributed by atoms with van der Waals surface area (Å²) in [7, 11) is -4.00. The fourth-order valence-corrected chi connectivity index (χ4v) is 4.39. The molecule has 0 radical (unpaired) electrons. The Hall–Kier alpha value is -1.96. The Morgan fingerprint density at radius 2 is 1.86 bits per heavy atom. The summed E-state index contributed by atoms with van der Waals surface area (Å²) in [6.45, 7) is -0.242. The van der Waals surface area contributed by atoms with Crippen LogP contribution in [-0.2, 0) is 14.8 Å². The summed E-state index contributed by atoms with van der Waals surface area (Å²) in [6, 6.07) is 10.5. The Bertz CT molecular complexity index is 833. The predicted molar refractivity (Wildman–Crippen MR) is 77.3 cm³/mol. The SMILES string of the molecule is O=C([O-])[C@@H]1C[C@@H](O)CN1S(=O)(=O)c1ccc2ccccc2c1. The summed E-state index contributed by atoms with van der Waals surface area (Å²) in [5, 5.41) is 22.4. The van der Waals surface area contributed by atoms with Crippen molar-refractivity contribution in [3.63, 3.8) is 0 Å². The number of fused-ring (bicyclic) bond motifs is 1. The van der Waals surface area contributed by atoms with Crippen molar-refractivity contribution in [2.24, 2.45) is 0 Å². The van der Waals surface area contributed by atoms with Crippen molar-refractivity contribution < 1.29 is 23.4 Å². The molecule has 0 bridgehead atoms. The van der Waals surface area contributed by atoms with Gasteiger partial charge in [0.25, 0.3) is 0 Å². The van der Waals surface area contributed by atoms with Gasteiger partial charge in [0.1, 0.15) is 0 Å². The zero-order valence-electron chi connectivity index (χ0n) is 11.5. The van der Waals surface area contributed by atoms with E-state index in [9.17, 15) is 23.4 Å². The third-order valence-corrected chi connectivity index (χ3v) is 5.70. The highest BCUT2D eigenvalue weighted by atomic mass is 32.2. The van der Waals surface area contributed by atoms with Gasteiger partial charge in [-0.3, -0.25) is 0 Å². The van der Waals surface area contributed by atoms with E-state index in [1.54, 1.807) is 18.2 Å². The van der Waals surface area contributed by atoms with E-state index < -0.39 is 28.1 Å². The maximum Gasteiger partial charge on any atom is 0.243 e. The third kappa shape index (κ3) is 2.47. The molecule has 116 valence electrons. The van der Waals surface area contributed by atoms with Crippen LogP contribution in [0.15, 0.2) is 47.4 Å². The number of hydrogen-bond acceptors (Lipinski definition) is 5. The molecule has 1 N–H and O–H groups in total. The van der Waals surface area contributed by atoms with Crippen molar-refractivity contribution in [3.05, 3.63) is 42.5 Å². The largest absolute Gasteiger partial charge is 0.548 e. The van der Waals surface area contributed by atoms with E-state index in [1.165, 1.54) is 12.1 Å². The first-order chi connectivity index (χ1) is 10.4. The Morgan fingerprint density at radius 3 is 2.55 bits per heavy atom. The number of nitrogens with zero attached hydrogens (tertiary/aromatic N) is 1. The van der Waals surface area contributed by atoms with E-state index in [-0.39, 0.29) is 17.9 Å². The van der Waals surface area contributed by atoms with Crippen molar-refractivity contribution in [2.75, 3.05) is 6.54 Å². The summed E-state index contributed by atoms with van der Waals surface area (Å²) in [6.07, 6.45) is -1.16. The number of carboxylic acids is 1. The van der Waals surface area contributed by atoms with Gasteiger partial charge in [-0.05, 0) is 29.3 Å². The van der Waals surface area contributed by atoms with Crippen molar-refractivity contribution in [3.8, 4) is 0 Å². The average molecular weight is 320 g/mol. The molecule has 7 heteroatoms.